The smallest absolute Gasteiger partial charge is 0.235 e. The van der Waals surface area contributed by atoms with Crippen LogP contribution < -0.4 is 16.4 Å². The SMILES string of the molecule is CCc1c(C#N)c(S[C@@H](C(N)=O)c2ccccc2)nc(N2CC[C@@](O)(CN)C2)c1C#N. The van der Waals surface area contributed by atoms with E-state index in [1.807, 2.05) is 30.0 Å². The Kier molecular flexibility index (Phi) is 6.81. The van der Waals surface area contributed by atoms with Crippen molar-refractivity contribution < 1.29 is 9.90 Å². The van der Waals surface area contributed by atoms with Gasteiger partial charge >= 0.3 is 0 Å². The van der Waals surface area contributed by atoms with E-state index in [4.69, 9.17) is 11.5 Å². The van der Waals surface area contributed by atoms with Crippen molar-refractivity contribution in [2.24, 2.45) is 11.5 Å². The Balaban J connectivity index is 2.13. The van der Waals surface area contributed by atoms with Crippen LogP contribution in [-0.2, 0) is 11.2 Å². The standard InChI is InChI=1S/C22H24N6O2S/c1-2-15-16(10-23)20(28-9-8-22(30,12-25)13-28)27-21(17(15)11-24)31-18(19(26)29)14-6-4-3-5-7-14/h3-7,18,30H,2,8-9,12-13,25H2,1H3,(H2,26,29)/t18-,22-/m1/s1. The number of pyridine rings is 1. The molecule has 160 valence electrons. The molecule has 0 bridgehead atoms. The van der Waals surface area contributed by atoms with Crippen LogP contribution in [0.25, 0.3) is 0 Å². The van der Waals surface area contributed by atoms with Crippen molar-refractivity contribution in [2.45, 2.75) is 35.6 Å². The van der Waals surface area contributed by atoms with Gasteiger partial charge in [0.05, 0.1) is 16.7 Å². The lowest BCUT2D eigenvalue weighted by Gasteiger charge is -2.25. The maximum Gasteiger partial charge on any atom is 0.235 e. The number of carbonyl (C=O) groups excluding carboxylic acids is 1. The molecule has 5 N–H and O–H groups in total. The number of nitrogens with zero attached hydrogens (tertiary/aromatic N) is 4. The van der Waals surface area contributed by atoms with Crippen LogP contribution in [0.2, 0.25) is 0 Å². The van der Waals surface area contributed by atoms with E-state index < -0.39 is 16.8 Å². The van der Waals surface area contributed by atoms with Gasteiger partial charge in [0, 0.05) is 19.6 Å². The van der Waals surface area contributed by atoms with E-state index in [0.717, 1.165) is 11.8 Å². The van der Waals surface area contributed by atoms with Gasteiger partial charge in [0.25, 0.3) is 0 Å². The number of rotatable bonds is 7. The first-order chi connectivity index (χ1) is 14.9. The number of anilines is 1. The second-order valence-corrected chi connectivity index (χ2v) is 8.55. The van der Waals surface area contributed by atoms with Crippen molar-refractivity contribution in [1.29, 1.82) is 10.5 Å². The molecular weight excluding hydrogens is 412 g/mol. The van der Waals surface area contributed by atoms with E-state index in [9.17, 15) is 20.4 Å². The zero-order valence-corrected chi connectivity index (χ0v) is 18.0. The van der Waals surface area contributed by atoms with E-state index in [1.54, 1.807) is 12.1 Å². The summed E-state index contributed by atoms with van der Waals surface area (Å²) in [5.41, 5.74) is 12.2. The van der Waals surface area contributed by atoms with E-state index >= 15 is 0 Å². The third kappa shape index (κ3) is 4.49. The van der Waals surface area contributed by atoms with E-state index in [2.05, 4.69) is 17.1 Å². The average molecular weight is 437 g/mol. The predicted molar refractivity (Wildman–Crippen MR) is 118 cm³/mol. The molecule has 3 rings (SSSR count). The molecule has 1 aromatic carbocycles. The van der Waals surface area contributed by atoms with Crippen molar-refractivity contribution in [2.75, 3.05) is 24.5 Å². The van der Waals surface area contributed by atoms with Crippen LogP contribution >= 0.6 is 11.8 Å². The number of amides is 1. The normalized spacial score (nSPS) is 18.9. The highest BCUT2D eigenvalue weighted by Crippen LogP contribution is 2.40. The van der Waals surface area contributed by atoms with Gasteiger partial charge in [0.2, 0.25) is 5.91 Å². The summed E-state index contributed by atoms with van der Waals surface area (Å²) in [6.45, 7) is 2.68. The number of hydrogen-bond acceptors (Lipinski definition) is 8. The van der Waals surface area contributed by atoms with Crippen LogP contribution in [0.4, 0.5) is 5.82 Å². The number of aromatic nitrogens is 1. The lowest BCUT2D eigenvalue weighted by molar-refractivity contribution is -0.117. The van der Waals surface area contributed by atoms with Gasteiger partial charge in [0.1, 0.15) is 28.2 Å². The zero-order chi connectivity index (χ0) is 22.6. The summed E-state index contributed by atoms with van der Waals surface area (Å²) >= 11 is 1.10. The number of hydrogen-bond donors (Lipinski definition) is 3. The van der Waals surface area contributed by atoms with Gasteiger partial charge < -0.3 is 21.5 Å². The fourth-order valence-corrected chi connectivity index (χ4v) is 4.79. The number of β-amino-alcohol motifs (C(OH)–C–C–N with tert-alkyl or cyclic N) is 1. The van der Waals surface area contributed by atoms with Gasteiger partial charge in [-0.2, -0.15) is 10.5 Å². The Morgan fingerprint density at radius 2 is 2.00 bits per heavy atom. The van der Waals surface area contributed by atoms with E-state index in [0.29, 0.717) is 46.9 Å². The number of primary amides is 1. The summed E-state index contributed by atoms with van der Waals surface area (Å²) in [5.74, 6) is -0.161. The summed E-state index contributed by atoms with van der Waals surface area (Å²) in [5, 5.41) is 29.8. The summed E-state index contributed by atoms with van der Waals surface area (Å²) in [4.78, 5) is 18.7. The number of thioether (sulfide) groups is 1. The molecule has 1 aromatic heterocycles. The van der Waals surface area contributed by atoms with Gasteiger partial charge in [-0.15, -0.1) is 0 Å². The largest absolute Gasteiger partial charge is 0.387 e. The van der Waals surface area contributed by atoms with Gasteiger partial charge in [-0.3, -0.25) is 4.79 Å². The molecule has 0 radical (unpaired) electrons. The summed E-state index contributed by atoms with van der Waals surface area (Å²) in [7, 11) is 0. The second kappa shape index (κ2) is 9.36. The molecule has 2 heterocycles. The van der Waals surface area contributed by atoms with Crippen LogP contribution in [0.3, 0.4) is 0 Å². The molecule has 1 fully saturated rings. The number of nitriles is 2. The molecule has 8 nitrogen and oxygen atoms in total. The minimum atomic E-state index is -1.05. The van der Waals surface area contributed by atoms with Crippen molar-refractivity contribution in [3.05, 3.63) is 52.6 Å². The van der Waals surface area contributed by atoms with Gasteiger partial charge in [-0.05, 0) is 24.0 Å². The molecule has 31 heavy (non-hydrogen) atoms. The lowest BCUT2D eigenvalue weighted by atomic mass is 10.0. The Bertz CT molecular complexity index is 1060. The molecule has 1 amide bonds. The quantitative estimate of drug-likeness (QED) is 0.553. The lowest BCUT2D eigenvalue weighted by Crippen LogP contribution is -2.40. The van der Waals surface area contributed by atoms with E-state index in [-0.39, 0.29) is 18.7 Å². The van der Waals surface area contributed by atoms with Crippen molar-refractivity contribution in [3.8, 4) is 12.1 Å². The monoisotopic (exact) mass is 436 g/mol. The number of carbonyl (C=O) groups is 1. The molecule has 0 unspecified atom stereocenters. The van der Waals surface area contributed by atoms with Gasteiger partial charge in [-0.25, -0.2) is 4.98 Å². The highest BCUT2D eigenvalue weighted by atomic mass is 32.2. The van der Waals surface area contributed by atoms with Crippen LogP contribution in [0.1, 0.15) is 40.8 Å². The summed E-state index contributed by atoms with van der Waals surface area (Å²) in [6, 6.07) is 13.4. The minimum absolute atomic E-state index is 0.0989. The van der Waals surface area contributed by atoms with Crippen LogP contribution in [0, 0.1) is 22.7 Å². The number of nitrogens with two attached hydrogens (primary N) is 2. The fraction of sp³-hybridized carbons (Fsp3) is 0.364. The number of aliphatic hydroxyl groups is 1. The maximum absolute atomic E-state index is 12.2. The van der Waals surface area contributed by atoms with Crippen LogP contribution in [0.5, 0.6) is 0 Å². The highest BCUT2D eigenvalue weighted by Gasteiger charge is 2.37. The Morgan fingerprint density at radius 1 is 1.32 bits per heavy atom. The first-order valence-electron chi connectivity index (χ1n) is 9.92. The van der Waals surface area contributed by atoms with Crippen molar-refractivity contribution >= 4 is 23.5 Å². The average Bonchev–Trinajstić information content (AvgIpc) is 3.19. The first kappa shape index (κ1) is 22.6. The van der Waals surface area contributed by atoms with Crippen molar-refractivity contribution in [3.63, 3.8) is 0 Å². The maximum atomic E-state index is 12.2. The van der Waals surface area contributed by atoms with Gasteiger partial charge in [0.15, 0.2) is 0 Å². The summed E-state index contributed by atoms with van der Waals surface area (Å²) in [6.07, 6.45) is 0.893. The molecule has 2 atom stereocenters. The summed E-state index contributed by atoms with van der Waals surface area (Å²) < 4.78 is 0. The number of benzene rings is 1. The molecule has 2 aromatic rings. The third-order valence-electron chi connectivity index (χ3n) is 5.43. The fourth-order valence-electron chi connectivity index (χ4n) is 3.73. The third-order valence-corrected chi connectivity index (χ3v) is 6.69. The molecule has 0 spiro atoms. The minimum Gasteiger partial charge on any atom is -0.387 e. The van der Waals surface area contributed by atoms with Crippen LogP contribution in [-0.4, -0.2) is 41.2 Å². The van der Waals surface area contributed by atoms with Crippen LogP contribution in [0.15, 0.2) is 35.4 Å². The predicted octanol–water partition coefficient (Wildman–Crippen LogP) is 1.61. The zero-order valence-electron chi connectivity index (χ0n) is 17.2. The molecule has 1 aliphatic rings. The Hall–Kier alpha value is -3.11. The second-order valence-electron chi connectivity index (χ2n) is 7.46. The molecule has 1 aliphatic heterocycles. The first-order valence-corrected chi connectivity index (χ1v) is 10.8. The molecule has 1 saturated heterocycles. The van der Waals surface area contributed by atoms with E-state index in [1.165, 1.54) is 0 Å². The topological polar surface area (TPSA) is 153 Å². The Morgan fingerprint density at radius 3 is 2.52 bits per heavy atom. The van der Waals surface area contributed by atoms with Gasteiger partial charge in [-0.1, -0.05) is 49.0 Å². The van der Waals surface area contributed by atoms with Crippen molar-refractivity contribution in [1.82, 2.24) is 4.98 Å². The molecular formula is C22H24N6O2S. The Labute approximate surface area is 185 Å². The molecule has 9 heteroatoms. The molecule has 0 saturated carbocycles. The molecule has 0 aliphatic carbocycles. The highest BCUT2D eigenvalue weighted by molar-refractivity contribution is 8.00.